The number of nitrogens with zero attached hydrogens (tertiary/aromatic N) is 3. The SMILES string of the molecule is CN=C(NCCCCc1nc(C)cs1)NCc1nc(C(C)C)cs1.I. The highest BCUT2D eigenvalue weighted by atomic mass is 127. The molecule has 0 amide bonds. The van der Waals surface area contributed by atoms with E-state index in [0.29, 0.717) is 5.92 Å². The van der Waals surface area contributed by atoms with Crippen molar-refractivity contribution < 1.29 is 0 Å². The molecule has 140 valence electrons. The molecule has 0 saturated heterocycles. The summed E-state index contributed by atoms with van der Waals surface area (Å²) in [7, 11) is 1.80. The minimum absolute atomic E-state index is 0. The van der Waals surface area contributed by atoms with Crippen LogP contribution in [0.3, 0.4) is 0 Å². The molecule has 0 aliphatic carbocycles. The van der Waals surface area contributed by atoms with Gasteiger partial charge in [-0.15, -0.1) is 46.7 Å². The Hall–Kier alpha value is -0.740. The van der Waals surface area contributed by atoms with E-state index in [-0.39, 0.29) is 24.0 Å². The maximum Gasteiger partial charge on any atom is 0.191 e. The number of aryl methyl sites for hydroxylation is 2. The molecule has 0 atom stereocenters. The Morgan fingerprint density at radius 1 is 1.12 bits per heavy atom. The summed E-state index contributed by atoms with van der Waals surface area (Å²) in [5.41, 5.74) is 2.29. The van der Waals surface area contributed by atoms with Crippen LogP contribution in [-0.2, 0) is 13.0 Å². The van der Waals surface area contributed by atoms with Crippen LogP contribution in [0.1, 0.15) is 54.0 Å². The number of aliphatic imine (C=N–C) groups is 1. The van der Waals surface area contributed by atoms with Gasteiger partial charge in [-0.25, -0.2) is 9.97 Å². The van der Waals surface area contributed by atoms with Crippen LogP contribution in [0.4, 0.5) is 0 Å². The predicted octanol–water partition coefficient (Wildman–Crippen LogP) is 4.34. The van der Waals surface area contributed by atoms with Gasteiger partial charge in [0.05, 0.1) is 17.2 Å². The van der Waals surface area contributed by atoms with E-state index in [1.165, 1.54) is 5.01 Å². The molecule has 0 aliphatic heterocycles. The first kappa shape index (κ1) is 22.3. The number of hydrogen-bond acceptors (Lipinski definition) is 5. The Morgan fingerprint density at radius 3 is 2.48 bits per heavy atom. The second kappa shape index (κ2) is 11.8. The van der Waals surface area contributed by atoms with Gasteiger partial charge in [0.2, 0.25) is 0 Å². The van der Waals surface area contributed by atoms with Crippen molar-refractivity contribution in [3.63, 3.8) is 0 Å². The summed E-state index contributed by atoms with van der Waals surface area (Å²) in [6.45, 7) is 8.01. The van der Waals surface area contributed by atoms with Gasteiger partial charge in [-0.3, -0.25) is 4.99 Å². The largest absolute Gasteiger partial charge is 0.356 e. The number of rotatable bonds is 8. The lowest BCUT2D eigenvalue weighted by atomic mass is 10.2. The molecule has 2 heterocycles. The van der Waals surface area contributed by atoms with Gasteiger partial charge in [0.15, 0.2) is 5.96 Å². The number of nitrogens with one attached hydrogen (secondary N) is 2. The van der Waals surface area contributed by atoms with Gasteiger partial charge >= 0.3 is 0 Å². The van der Waals surface area contributed by atoms with Crippen LogP contribution in [0.25, 0.3) is 0 Å². The van der Waals surface area contributed by atoms with E-state index < -0.39 is 0 Å². The van der Waals surface area contributed by atoms with Crippen LogP contribution in [-0.4, -0.2) is 29.5 Å². The van der Waals surface area contributed by atoms with E-state index in [4.69, 9.17) is 0 Å². The van der Waals surface area contributed by atoms with Crippen molar-refractivity contribution in [3.05, 3.63) is 32.2 Å². The van der Waals surface area contributed by atoms with Crippen molar-refractivity contribution >= 4 is 52.6 Å². The lowest BCUT2D eigenvalue weighted by Crippen LogP contribution is -2.37. The molecule has 0 bridgehead atoms. The Balaban J connectivity index is 0.00000312. The zero-order chi connectivity index (χ0) is 17.4. The minimum Gasteiger partial charge on any atom is -0.356 e. The molecule has 25 heavy (non-hydrogen) atoms. The second-order valence-electron chi connectivity index (χ2n) is 6.01. The maximum atomic E-state index is 4.63. The van der Waals surface area contributed by atoms with Crippen molar-refractivity contribution in [3.8, 4) is 0 Å². The molecular weight excluding hydrogens is 465 g/mol. The Bertz CT molecular complexity index is 651. The first-order valence-electron chi connectivity index (χ1n) is 8.38. The van der Waals surface area contributed by atoms with E-state index in [9.17, 15) is 0 Å². The molecule has 8 heteroatoms. The van der Waals surface area contributed by atoms with Gasteiger partial charge in [-0.2, -0.15) is 0 Å². The lowest BCUT2D eigenvalue weighted by molar-refractivity contribution is 0.691. The highest BCUT2D eigenvalue weighted by Gasteiger charge is 2.06. The molecule has 0 spiro atoms. The summed E-state index contributed by atoms with van der Waals surface area (Å²) in [6.07, 6.45) is 3.30. The van der Waals surface area contributed by atoms with Crippen molar-refractivity contribution in [2.45, 2.75) is 52.5 Å². The smallest absolute Gasteiger partial charge is 0.191 e. The molecule has 0 radical (unpaired) electrons. The number of aromatic nitrogens is 2. The molecular formula is C17H28IN5S2. The third kappa shape index (κ3) is 8.00. The molecule has 0 fully saturated rings. The molecule has 0 aliphatic rings. The van der Waals surface area contributed by atoms with Crippen LogP contribution >= 0.6 is 46.7 Å². The zero-order valence-corrected chi connectivity index (χ0v) is 19.3. The van der Waals surface area contributed by atoms with Crippen LogP contribution < -0.4 is 10.6 Å². The van der Waals surface area contributed by atoms with Gasteiger partial charge < -0.3 is 10.6 Å². The second-order valence-corrected chi connectivity index (χ2v) is 7.90. The highest BCUT2D eigenvalue weighted by molar-refractivity contribution is 14.0. The molecule has 2 N–H and O–H groups in total. The summed E-state index contributed by atoms with van der Waals surface area (Å²) in [5.74, 6) is 1.32. The third-order valence-corrected chi connectivity index (χ3v) is 5.46. The summed E-state index contributed by atoms with van der Waals surface area (Å²) in [4.78, 5) is 13.4. The molecule has 2 aromatic heterocycles. The fourth-order valence-corrected chi connectivity index (χ4v) is 3.89. The van der Waals surface area contributed by atoms with Gasteiger partial charge in [-0.05, 0) is 32.1 Å². The van der Waals surface area contributed by atoms with Gasteiger partial charge in [-0.1, -0.05) is 13.8 Å². The lowest BCUT2D eigenvalue weighted by Gasteiger charge is -2.10. The number of hydrogen-bond donors (Lipinski definition) is 2. The number of halogens is 1. The molecule has 2 aromatic rings. The molecule has 5 nitrogen and oxygen atoms in total. The fraction of sp³-hybridized carbons (Fsp3) is 0.588. The summed E-state index contributed by atoms with van der Waals surface area (Å²) < 4.78 is 0. The highest BCUT2D eigenvalue weighted by Crippen LogP contribution is 2.17. The van der Waals surface area contributed by atoms with Crippen molar-refractivity contribution in [1.29, 1.82) is 0 Å². The molecule has 2 rings (SSSR count). The Labute approximate surface area is 175 Å². The molecule has 0 aromatic carbocycles. The van der Waals surface area contributed by atoms with E-state index in [1.807, 2.05) is 6.92 Å². The average molecular weight is 493 g/mol. The Morgan fingerprint density at radius 2 is 1.88 bits per heavy atom. The van der Waals surface area contributed by atoms with E-state index >= 15 is 0 Å². The number of thiazole rings is 2. The fourth-order valence-electron chi connectivity index (χ4n) is 2.18. The third-order valence-electron chi connectivity index (χ3n) is 3.57. The zero-order valence-electron chi connectivity index (χ0n) is 15.3. The standard InChI is InChI=1S/C17H27N5S2.HI/c1-12(2)14-11-24-16(22-14)9-20-17(18-4)19-8-6-5-7-15-21-13(3)10-23-15;/h10-12H,5-9H2,1-4H3,(H2,18,19,20);1H. The minimum atomic E-state index is 0. The predicted molar refractivity (Wildman–Crippen MR) is 120 cm³/mol. The first-order chi connectivity index (χ1) is 11.6. The normalized spacial score (nSPS) is 11.5. The maximum absolute atomic E-state index is 4.63. The van der Waals surface area contributed by atoms with Crippen LogP contribution in [0.2, 0.25) is 0 Å². The van der Waals surface area contributed by atoms with E-state index in [0.717, 1.165) is 54.7 Å². The first-order valence-corrected chi connectivity index (χ1v) is 10.1. The summed E-state index contributed by atoms with van der Waals surface area (Å²) in [5, 5.41) is 13.3. The van der Waals surface area contributed by atoms with Crippen molar-refractivity contribution in [2.75, 3.05) is 13.6 Å². The topological polar surface area (TPSA) is 62.2 Å². The molecule has 0 unspecified atom stereocenters. The van der Waals surface area contributed by atoms with Crippen LogP contribution in [0.15, 0.2) is 15.8 Å². The Kier molecular flexibility index (Phi) is 10.5. The van der Waals surface area contributed by atoms with Crippen LogP contribution in [0.5, 0.6) is 0 Å². The quantitative estimate of drug-likeness (QED) is 0.249. The summed E-state index contributed by atoms with van der Waals surface area (Å²) >= 11 is 3.45. The average Bonchev–Trinajstić information content (AvgIpc) is 3.19. The number of unbranched alkanes of at least 4 members (excludes halogenated alkanes) is 1. The number of guanidine groups is 1. The van der Waals surface area contributed by atoms with E-state index in [1.54, 1.807) is 29.7 Å². The van der Waals surface area contributed by atoms with Crippen molar-refractivity contribution in [1.82, 2.24) is 20.6 Å². The van der Waals surface area contributed by atoms with Gasteiger partial charge in [0.1, 0.15) is 5.01 Å². The molecule has 0 saturated carbocycles. The monoisotopic (exact) mass is 493 g/mol. The van der Waals surface area contributed by atoms with Crippen LogP contribution in [0, 0.1) is 6.92 Å². The van der Waals surface area contributed by atoms with Gasteiger partial charge in [0, 0.05) is 30.0 Å². The van der Waals surface area contributed by atoms with Crippen molar-refractivity contribution in [2.24, 2.45) is 4.99 Å². The van der Waals surface area contributed by atoms with Gasteiger partial charge in [0.25, 0.3) is 0 Å². The van der Waals surface area contributed by atoms with E-state index in [2.05, 4.69) is 50.2 Å². The summed E-state index contributed by atoms with van der Waals surface area (Å²) in [6, 6.07) is 0.